The summed E-state index contributed by atoms with van der Waals surface area (Å²) in [6.07, 6.45) is 4.00. The van der Waals surface area contributed by atoms with Crippen LogP contribution in [0.2, 0.25) is 0 Å². The van der Waals surface area contributed by atoms with Crippen LogP contribution in [-0.4, -0.2) is 27.9 Å². The minimum Gasteiger partial charge on any atom is -0.478 e. The molecule has 0 aliphatic carbocycles. The first-order valence-corrected chi connectivity index (χ1v) is 7.37. The van der Waals surface area contributed by atoms with Crippen molar-refractivity contribution in [2.24, 2.45) is 0 Å². The lowest BCUT2D eigenvalue weighted by Crippen LogP contribution is -2.58. The molecular formula is C18H25NO3. The number of aliphatic carboxylic acids is 1. The van der Waals surface area contributed by atoms with E-state index in [9.17, 15) is 9.59 Å². The molecule has 0 bridgehead atoms. The van der Waals surface area contributed by atoms with Crippen molar-refractivity contribution in [1.29, 1.82) is 0 Å². The summed E-state index contributed by atoms with van der Waals surface area (Å²) < 4.78 is 0. The van der Waals surface area contributed by atoms with Crippen molar-refractivity contribution in [3.63, 3.8) is 0 Å². The fourth-order valence-electron chi connectivity index (χ4n) is 2.78. The normalized spacial score (nSPS) is 19.4. The van der Waals surface area contributed by atoms with E-state index in [0.29, 0.717) is 18.6 Å². The summed E-state index contributed by atoms with van der Waals surface area (Å²) in [5.74, 6) is -0.549. The number of rotatable bonds is 2. The number of Topliss-reactive ketones (excluding diaryl/α,β-unsaturated/α-hetero) is 1. The SMILES string of the molecule is CC1(C)CC(=O)CC(C)(C)N1.O=C(O)/C=C/c1ccccc1. The standard InChI is InChI=1S/C9H17NO.C9H8O2/c1-8(2)5-7(11)6-9(3,4)10-8;10-9(11)7-6-8-4-2-1-3-5-8/h10H,5-6H2,1-4H3;1-7H,(H,10,11)/b;7-6+. The third-order valence-electron chi connectivity index (χ3n) is 3.17. The maximum atomic E-state index is 11.3. The van der Waals surface area contributed by atoms with E-state index in [1.54, 1.807) is 6.08 Å². The zero-order chi connectivity index (χ0) is 16.8. The number of carbonyl (C=O) groups is 2. The maximum absolute atomic E-state index is 11.3. The molecule has 0 spiro atoms. The van der Waals surface area contributed by atoms with Crippen molar-refractivity contribution >= 4 is 17.8 Å². The summed E-state index contributed by atoms with van der Waals surface area (Å²) in [5, 5.41) is 11.7. The second kappa shape index (κ2) is 7.36. The number of nitrogens with one attached hydrogen (secondary N) is 1. The van der Waals surface area contributed by atoms with Gasteiger partial charge in [0.1, 0.15) is 5.78 Å². The average Bonchev–Trinajstić information content (AvgIpc) is 2.34. The minimum absolute atomic E-state index is 0.0150. The highest BCUT2D eigenvalue weighted by Crippen LogP contribution is 2.25. The van der Waals surface area contributed by atoms with Gasteiger partial charge in [-0.15, -0.1) is 0 Å². The van der Waals surface area contributed by atoms with E-state index >= 15 is 0 Å². The Morgan fingerprint density at radius 3 is 2.00 bits per heavy atom. The maximum Gasteiger partial charge on any atom is 0.328 e. The van der Waals surface area contributed by atoms with Gasteiger partial charge in [-0.1, -0.05) is 30.3 Å². The van der Waals surface area contributed by atoms with Gasteiger partial charge in [-0.3, -0.25) is 4.79 Å². The molecule has 4 heteroatoms. The Morgan fingerprint density at radius 1 is 1.09 bits per heavy atom. The third kappa shape index (κ3) is 7.18. The van der Waals surface area contributed by atoms with E-state index in [0.717, 1.165) is 11.6 Å². The molecule has 2 N–H and O–H groups in total. The van der Waals surface area contributed by atoms with Crippen LogP contribution in [0.1, 0.15) is 46.1 Å². The van der Waals surface area contributed by atoms with E-state index in [2.05, 4.69) is 33.0 Å². The highest BCUT2D eigenvalue weighted by molar-refractivity contribution is 5.85. The van der Waals surface area contributed by atoms with E-state index in [4.69, 9.17) is 5.11 Å². The van der Waals surface area contributed by atoms with Gasteiger partial charge in [-0.25, -0.2) is 4.79 Å². The van der Waals surface area contributed by atoms with Crippen molar-refractivity contribution in [2.45, 2.75) is 51.6 Å². The number of hydrogen-bond acceptors (Lipinski definition) is 3. The lowest BCUT2D eigenvalue weighted by molar-refractivity contribution is -0.131. The molecule has 1 aromatic rings. The van der Waals surface area contributed by atoms with Crippen molar-refractivity contribution < 1.29 is 14.7 Å². The van der Waals surface area contributed by atoms with Crippen LogP contribution in [0, 0.1) is 0 Å². The van der Waals surface area contributed by atoms with Gasteiger partial charge in [0, 0.05) is 30.0 Å². The molecule has 1 aliphatic rings. The lowest BCUT2D eigenvalue weighted by atomic mass is 9.82. The predicted molar refractivity (Wildman–Crippen MR) is 88.6 cm³/mol. The number of carboxylic acid groups (broad SMARTS) is 1. The Balaban J connectivity index is 0.000000220. The second-order valence-corrected chi connectivity index (χ2v) is 6.87. The number of piperidine rings is 1. The fraction of sp³-hybridized carbons (Fsp3) is 0.444. The Hall–Kier alpha value is -1.94. The first-order valence-electron chi connectivity index (χ1n) is 7.37. The molecule has 0 aromatic heterocycles. The van der Waals surface area contributed by atoms with Crippen molar-refractivity contribution in [1.82, 2.24) is 5.32 Å². The molecule has 0 radical (unpaired) electrons. The summed E-state index contributed by atoms with van der Waals surface area (Å²) in [6.45, 7) is 8.30. The molecule has 0 saturated carbocycles. The number of benzene rings is 1. The summed E-state index contributed by atoms with van der Waals surface area (Å²) in [4.78, 5) is 21.3. The smallest absolute Gasteiger partial charge is 0.328 e. The van der Waals surface area contributed by atoms with Gasteiger partial charge in [0.2, 0.25) is 0 Å². The Morgan fingerprint density at radius 2 is 1.59 bits per heavy atom. The topological polar surface area (TPSA) is 66.4 Å². The van der Waals surface area contributed by atoms with Crippen molar-refractivity contribution in [3.8, 4) is 0 Å². The summed E-state index contributed by atoms with van der Waals surface area (Å²) in [7, 11) is 0. The molecule has 1 heterocycles. The van der Waals surface area contributed by atoms with Crippen molar-refractivity contribution in [3.05, 3.63) is 42.0 Å². The number of carbonyl (C=O) groups excluding carboxylic acids is 1. The third-order valence-corrected chi connectivity index (χ3v) is 3.17. The molecule has 2 rings (SSSR count). The highest BCUT2D eigenvalue weighted by Gasteiger charge is 2.36. The van der Waals surface area contributed by atoms with E-state index in [-0.39, 0.29) is 11.1 Å². The molecule has 4 nitrogen and oxygen atoms in total. The van der Waals surface area contributed by atoms with Gasteiger partial charge < -0.3 is 10.4 Å². The molecule has 1 saturated heterocycles. The Bertz CT molecular complexity index is 527. The highest BCUT2D eigenvalue weighted by atomic mass is 16.4. The van der Waals surface area contributed by atoms with Crippen LogP contribution < -0.4 is 5.32 Å². The van der Waals surface area contributed by atoms with E-state index in [1.807, 2.05) is 30.3 Å². The lowest BCUT2D eigenvalue weighted by Gasteiger charge is -2.41. The molecular weight excluding hydrogens is 278 g/mol. The quantitative estimate of drug-likeness (QED) is 0.823. The first-order chi connectivity index (χ1) is 10.1. The van der Waals surface area contributed by atoms with Gasteiger partial charge in [0.05, 0.1) is 0 Å². The van der Waals surface area contributed by atoms with Gasteiger partial charge in [0.15, 0.2) is 0 Å². The second-order valence-electron chi connectivity index (χ2n) is 6.87. The summed E-state index contributed by atoms with van der Waals surface area (Å²) in [5.41, 5.74) is 0.868. The van der Waals surface area contributed by atoms with Gasteiger partial charge in [-0.05, 0) is 39.3 Å². The van der Waals surface area contributed by atoms with Gasteiger partial charge >= 0.3 is 5.97 Å². The Kier molecular flexibility index (Phi) is 6.06. The minimum atomic E-state index is -0.922. The molecule has 1 aliphatic heterocycles. The van der Waals surface area contributed by atoms with Crippen LogP contribution in [-0.2, 0) is 9.59 Å². The van der Waals surface area contributed by atoms with Crippen LogP contribution in [0.3, 0.4) is 0 Å². The van der Waals surface area contributed by atoms with E-state index < -0.39 is 5.97 Å². The fourth-order valence-corrected chi connectivity index (χ4v) is 2.78. The van der Waals surface area contributed by atoms with Gasteiger partial charge in [-0.2, -0.15) is 0 Å². The largest absolute Gasteiger partial charge is 0.478 e. The van der Waals surface area contributed by atoms with Crippen LogP contribution in [0.15, 0.2) is 36.4 Å². The van der Waals surface area contributed by atoms with Gasteiger partial charge in [0.25, 0.3) is 0 Å². The Labute approximate surface area is 132 Å². The molecule has 0 amide bonds. The molecule has 1 fully saturated rings. The van der Waals surface area contributed by atoms with Crippen LogP contribution in [0.5, 0.6) is 0 Å². The molecule has 1 aromatic carbocycles. The van der Waals surface area contributed by atoms with Crippen LogP contribution in [0.4, 0.5) is 0 Å². The summed E-state index contributed by atoms with van der Waals surface area (Å²) in [6, 6.07) is 9.31. The average molecular weight is 303 g/mol. The predicted octanol–water partition coefficient (Wildman–Crippen LogP) is 3.28. The number of carboxylic acids is 1. The molecule has 0 atom stereocenters. The molecule has 22 heavy (non-hydrogen) atoms. The number of ketones is 1. The summed E-state index contributed by atoms with van der Waals surface area (Å²) >= 11 is 0. The van der Waals surface area contributed by atoms with E-state index in [1.165, 1.54) is 0 Å². The van der Waals surface area contributed by atoms with Crippen LogP contribution in [0.25, 0.3) is 6.08 Å². The first kappa shape index (κ1) is 18.1. The van der Waals surface area contributed by atoms with Crippen molar-refractivity contribution in [2.75, 3.05) is 0 Å². The zero-order valence-electron chi connectivity index (χ0n) is 13.7. The zero-order valence-corrected chi connectivity index (χ0v) is 13.7. The van der Waals surface area contributed by atoms with Crippen LogP contribution >= 0.6 is 0 Å². The molecule has 0 unspecified atom stereocenters. The monoisotopic (exact) mass is 303 g/mol. The number of hydrogen-bond donors (Lipinski definition) is 2. The molecule has 120 valence electrons.